The van der Waals surface area contributed by atoms with E-state index in [1.54, 1.807) is 0 Å². The van der Waals surface area contributed by atoms with E-state index in [4.69, 9.17) is 0 Å². The van der Waals surface area contributed by atoms with Gasteiger partial charge < -0.3 is 9.55 Å². The molecule has 18 heavy (non-hydrogen) atoms. The lowest BCUT2D eigenvalue weighted by atomic mass is 10.2. The van der Waals surface area contributed by atoms with Crippen LogP contribution in [-0.2, 0) is 7.05 Å². The predicted octanol–water partition coefficient (Wildman–Crippen LogP) is 2.31. The lowest BCUT2D eigenvalue weighted by Crippen LogP contribution is -2.12. The summed E-state index contributed by atoms with van der Waals surface area (Å²) in [6, 6.07) is 9.62. The molecule has 0 aliphatic carbocycles. The maximum atomic E-state index is 12.0. The molecule has 90 valence electrons. The van der Waals surface area contributed by atoms with Crippen molar-refractivity contribution in [2.24, 2.45) is 12.0 Å². The maximum absolute atomic E-state index is 12.0. The number of aromatic amines is 1. The number of nitrogens with one attached hydrogen (secondary N) is 1. The Hall–Kier alpha value is -2.14. The first-order chi connectivity index (χ1) is 8.74. The molecule has 3 rings (SSSR count). The fraction of sp³-hybridized carbons (Fsp3) is 0.0769. The Bertz CT molecular complexity index is 745. The molecule has 0 fully saturated rings. The van der Waals surface area contributed by atoms with Crippen molar-refractivity contribution in [1.29, 1.82) is 0 Å². The van der Waals surface area contributed by atoms with Gasteiger partial charge in [-0.2, -0.15) is 4.99 Å². The van der Waals surface area contributed by atoms with Crippen LogP contribution in [0.25, 0.3) is 10.9 Å². The van der Waals surface area contributed by atoms with Crippen molar-refractivity contribution >= 4 is 28.1 Å². The minimum atomic E-state index is -0.246. The van der Waals surface area contributed by atoms with Gasteiger partial charge in [0.15, 0.2) is 4.80 Å². The van der Waals surface area contributed by atoms with Gasteiger partial charge >= 0.3 is 0 Å². The number of carbonyl (C=O) groups is 1. The van der Waals surface area contributed by atoms with Gasteiger partial charge in [0, 0.05) is 29.5 Å². The van der Waals surface area contributed by atoms with Gasteiger partial charge in [-0.3, -0.25) is 4.79 Å². The first-order valence-electron chi connectivity index (χ1n) is 5.51. The summed E-state index contributed by atoms with van der Waals surface area (Å²) in [5.74, 6) is -0.246. The van der Waals surface area contributed by atoms with Gasteiger partial charge in [-0.1, -0.05) is 18.2 Å². The first kappa shape index (κ1) is 11.0. The highest BCUT2D eigenvalue weighted by molar-refractivity contribution is 7.07. The summed E-state index contributed by atoms with van der Waals surface area (Å²) in [4.78, 5) is 19.9. The molecule has 1 aromatic carbocycles. The molecule has 0 saturated carbocycles. The van der Waals surface area contributed by atoms with Crippen LogP contribution in [0.3, 0.4) is 0 Å². The van der Waals surface area contributed by atoms with Gasteiger partial charge in [0.25, 0.3) is 5.91 Å². The Morgan fingerprint density at radius 1 is 1.39 bits per heavy atom. The van der Waals surface area contributed by atoms with E-state index in [9.17, 15) is 4.79 Å². The third-order valence-electron chi connectivity index (χ3n) is 2.72. The van der Waals surface area contributed by atoms with Gasteiger partial charge in [0.05, 0.1) is 0 Å². The zero-order chi connectivity index (χ0) is 12.5. The molecule has 5 heteroatoms. The number of aryl methyl sites for hydroxylation is 1. The molecule has 0 spiro atoms. The molecular formula is C13H11N3OS. The summed E-state index contributed by atoms with van der Waals surface area (Å²) < 4.78 is 1.82. The van der Waals surface area contributed by atoms with E-state index in [1.165, 1.54) is 11.3 Å². The van der Waals surface area contributed by atoms with Gasteiger partial charge in [0.1, 0.15) is 5.69 Å². The van der Waals surface area contributed by atoms with Crippen LogP contribution in [0.2, 0.25) is 0 Å². The lowest BCUT2D eigenvalue weighted by Gasteiger charge is -1.90. The van der Waals surface area contributed by atoms with Crippen LogP contribution in [-0.4, -0.2) is 15.5 Å². The van der Waals surface area contributed by atoms with Crippen LogP contribution < -0.4 is 4.80 Å². The fourth-order valence-electron chi connectivity index (χ4n) is 1.77. The zero-order valence-corrected chi connectivity index (χ0v) is 10.6. The standard InChI is InChI=1S/C13H11N3OS/c1-16-6-7-18-13(16)15-12(17)11-8-9-4-2-3-5-10(9)14-11/h2-8,14H,1H3. The number of hydrogen-bond donors (Lipinski definition) is 1. The van der Waals surface area contributed by atoms with Crippen molar-refractivity contribution < 1.29 is 4.79 Å². The van der Waals surface area contributed by atoms with Crippen molar-refractivity contribution in [2.45, 2.75) is 0 Å². The molecule has 0 bridgehead atoms. The highest BCUT2D eigenvalue weighted by Crippen LogP contribution is 2.14. The second-order valence-corrected chi connectivity index (χ2v) is 4.86. The van der Waals surface area contributed by atoms with E-state index in [0.29, 0.717) is 10.5 Å². The monoisotopic (exact) mass is 257 g/mol. The van der Waals surface area contributed by atoms with Gasteiger partial charge in [-0.05, 0) is 12.1 Å². The fourth-order valence-corrected chi connectivity index (χ4v) is 2.50. The summed E-state index contributed by atoms with van der Waals surface area (Å²) in [6.07, 6.45) is 1.88. The Morgan fingerprint density at radius 2 is 2.22 bits per heavy atom. The van der Waals surface area contributed by atoms with Crippen LogP contribution in [0.1, 0.15) is 10.5 Å². The molecule has 0 radical (unpaired) electrons. The average molecular weight is 257 g/mol. The number of aromatic nitrogens is 2. The molecule has 1 amide bonds. The summed E-state index contributed by atoms with van der Waals surface area (Å²) in [5, 5.41) is 2.92. The van der Waals surface area contributed by atoms with E-state index >= 15 is 0 Å². The number of amides is 1. The normalized spacial score (nSPS) is 12.2. The smallest absolute Gasteiger partial charge is 0.296 e. The van der Waals surface area contributed by atoms with Crippen molar-refractivity contribution in [2.75, 3.05) is 0 Å². The third-order valence-corrected chi connectivity index (χ3v) is 3.57. The molecular weight excluding hydrogens is 246 g/mol. The van der Waals surface area contributed by atoms with E-state index in [0.717, 1.165) is 10.9 Å². The third kappa shape index (κ3) is 1.89. The molecule has 0 aliphatic heterocycles. The number of para-hydroxylation sites is 1. The van der Waals surface area contributed by atoms with Gasteiger partial charge in [-0.15, -0.1) is 11.3 Å². The van der Waals surface area contributed by atoms with Crippen LogP contribution >= 0.6 is 11.3 Å². The summed E-state index contributed by atoms with van der Waals surface area (Å²) >= 11 is 1.44. The Kier molecular flexibility index (Phi) is 2.60. The SMILES string of the molecule is Cn1ccsc1=NC(=O)c1cc2ccccc2[nH]1. The lowest BCUT2D eigenvalue weighted by molar-refractivity contribution is 0.0994. The second kappa shape index (κ2) is 4.27. The highest BCUT2D eigenvalue weighted by Gasteiger charge is 2.08. The summed E-state index contributed by atoms with van der Waals surface area (Å²) in [5.41, 5.74) is 1.47. The number of H-pyrrole nitrogens is 1. The highest BCUT2D eigenvalue weighted by atomic mass is 32.1. The first-order valence-corrected chi connectivity index (χ1v) is 6.39. The molecule has 1 N–H and O–H groups in total. The van der Waals surface area contributed by atoms with Crippen molar-refractivity contribution in [3.63, 3.8) is 0 Å². The second-order valence-electron chi connectivity index (χ2n) is 3.98. The van der Waals surface area contributed by atoms with E-state index in [2.05, 4.69) is 9.98 Å². The zero-order valence-electron chi connectivity index (χ0n) is 9.75. The van der Waals surface area contributed by atoms with Crippen LogP contribution in [0.5, 0.6) is 0 Å². The summed E-state index contributed by atoms with van der Waals surface area (Å²) in [6.45, 7) is 0. The Balaban J connectivity index is 2.05. The predicted molar refractivity (Wildman–Crippen MR) is 71.5 cm³/mol. The van der Waals surface area contributed by atoms with Crippen LogP contribution in [0, 0.1) is 0 Å². The topological polar surface area (TPSA) is 50.1 Å². The number of fused-ring (bicyclic) bond motifs is 1. The van der Waals surface area contributed by atoms with Gasteiger partial charge in [-0.25, -0.2) is 0 Å². The van der Waals surface area contributed by atoms with Crippen molar-refractivity contribution in [3.05, 3.63) is 52.4 Å². The van der Waals surface area contributed by atoms with Gasteiger partial charge in [0.2, 0.25) is 0 Å². The van der Waals surface area contributed by atoms with E-state index < -0.39 is 0 Å². The van der Waals surface area contributed by atoms with Crippen molar-refractivity contribution in [1.82, 2.24) is 9.55 Å². The largest absolute Gasteiger partial charge is 0.350 e. The summed E-state index contributed by atoms with van der Waals surface area (Å²) in [7, 11) is 1.87. The minimum Gasteiger partial charge on any atom is -0.350 e. The Labute approximate surface area is 107 Å². The van der Waals surface area contributed by atoms with Crippen molar-refractivity contribution in [3.8, 4) is 0 Å². The van der Waals surface area contributed by atoms with E-state index in [-0.39, 0.29) is 5.91 Å². The number of benzene rings is 1. The number of nitrogens with zero attached hydrogens (tertiary/aromatic N) is 2. The molecule has 0 atom stereocenters. The van der Waals surface area contributed by atoms with Crippen LogP contribution in [0.15, 0.2) is 46.9 Å². The Morgan fingerprint density at radius 3 is 2.94 bits per heavy atom. The number of thiazole rings is 1. The molecule has 0 saturated heterocycles. The van der Waals surface area contributed by atoms with E-state index in [1.807, 2.05) is 53.5 Å². The molecule has 3 aromatic rings. The number of hydrogen-bond acceptors (Lipinski definition) is 2. The quantitative estimate of drug-likeness (QED) is 0.714. The number of carbonyl (C=O) groups excluding carboxylic acids is 1. The molecule has 2 heterocycles. The number of rotatable bonds is 1. The molecule has 4 nitrogen and oxygen atoms in total. The molecule has 0 aliphatic rings. The average Bonchev–Trinajstić information content (AvgIpc) is 2.96. The maximum Gasteiger partial charge on any atom is 0.296 e. The molecule has 2 aromatic heterocycles. The molecule has 0 unspecified atom stereocenters. The van der Waals surface area contributed by atoms with Crippen LogP contribution in [0.4, 0.5) is 0 Å². The minimum absolute atomic E-state index is 0.246.